The highest BCUT2D eigenvalue weighted by atomic mass is 16.5. The summed E-state index contributed by atoms with van der Waals surface area (Å²) in [5.74, 6) is -0.663. The lowest BCUT2D eigenvalue weighted by molar-refractivity contribution is -0.146. The molecule has 0 heterocycles. The molecule has 1 aliphatic carbocycles. The monoisotopic (exact) mass is 648 g/mol. The van der Waals surface area contributed by atoms with Crippen LogP contribution in [0.3, 0.4) is 0 Å². The first-order chi connectivity index (χ1) is 23.3. The normalized spacial score (nSPS) is 16.2. The Morgan fingerprint density at radius 1 is 0.688 bits per heavy atom. The van der Waals surface area contributed by atoms with E-state index in [1.807, 2.05) is 0 Å². The van der Waals surface area contributed by atoms with Crippen molar-refractivity contribution in [1.82, 2.24) is 0 Å². The van der Waals surface area contributed by atoms with Gasteiger partial charge in [-0.1, -0.05) is 100 Å². The maximum atomic E-state index is 12.1. The van der Waals surface area contributed by atoms with Crippen LogP contribution in [0, 0.1) is 17.8 Å². The molecule has 0 aliphatic heterocycles. The fraction of sp³-hybridized carbons (Fsp3) is 0.381. The summed E-state index contributed by atoms with van der Waals surface area (Å²) in [6.07, 6.45) is 8.39. The summed E-state index contributed by atoms with van der Waals surface area (Å²) in [7, 11) is 0. The molecule has 0 saturated heterocycles. The van der Waals surface area contributed by atoms with Crippen molar-refractivity contribution in [3.05, 3.63) is 108 Å². The van der Waals surface area contributed by atoms with Gasteiger partial charge in [0.15, 0.2) is 0 Å². The maximum absolute atomic E-state index is 12.1. The first-order valence-corrected chi connectivity index (χ1v) is 17.2. The topological polar surface area (TPSA) is 93.1 Å². The van der Waals surface area contributed by atoms with Gasteiger partial charge < -0.3 is 19.7 Å². The van der Waals surface area contributed by atoms with Crippen LogP contribution in [-0.4, -0.2) is 48.6 Å². The molecule has 6 nitrogen and oxygen atoms in total. The molecule has 0 bridgehead atoms. The fourth-order valence-electron chi connectivity index (χ4n) is 6.89. The van der Waals surface area contributed by atoms with E-state index in [0.717, 1.165) is 51.4 Å². The third kappa shape index (κ3) is 9.00. The third-order valence-corrected chi connectivity index (χ3v) is 9.90. The number of fused-ring (bicyclic) bond motifs is 2. The quantitative estimate of drug-likeness (QED) is 0.0999. The van der Waals surface area contributed by atoms with E-state index < -0.39 is 25.2 Å². The van der Waals surface area contributed by atoms with Crippen LogP contribution in [0.4, 0.5) is 0 Å². The molecule has 0 spiro atoms. The highest BCUT2D eigenvalue weighted by Gasteiger charge is 2.30. The number of carbonyl (C=O) groups is 2. The van der Waals surface area contributed by atoms with E-state index in [0.29, 0.717) is 5.92 Å². The van der Waals surface area contributed by atoms with Crippen LogP contribution in [0.25, 0.3) is 32.7 Å². The second-order valence-electron chi connectivity index (χ2n) is 13.3. The van der Waals surface area contributed by atoms with Gasteiger partial charge in [-0.05, 0) is 99.9 Å². The predicted octanol–water partition coefficient (Wildman–Crippen LogP) is 8.15. The zero-order valence-electron chi connectivity index (χ0n) is 28.1. The summed E-state index contributed by atoms with van der Waals surface area (Å²) in [6, 6.07) is 27.1. The van der Waals surface area contributed by atoms with Gasteiger partial charge in [-0.2, -0.15) is 0 Å². The minimum Gasteiger partial charge on any atom is -0.462 e. The molecular formula is C42H48O6. The highest BCUT2D eigenvalue weighted by molar-refractivity contribution is 5.92. The Morgan fingerprint density at radius 3 is 1.62 bits per heavy atom. The number of aryl methyl sites for hydroxylation is 2. The first-order valence-electron chi connectivity index (χ1n) is 17.2. The average Bonchev–Trinajstić information content (AvgIpc) is 3.12. The number of hydrogen-bond donors (Lipinski definition) is 2. The molecule has 1 saturated carbocycles. The van der Waals surface area contributed by atoms with E-state index in [2.05, 4.69) is 92.9 Å². The SMILES string of the molecule is C=C(CO)C(=O)OCC(COC(=O)C(=C)CO)C1CCC(CCc2ccc3cc(-c4ccc5cc(CCC)ccc5c4)ccc3c2)CC1. The number of carbonyl (C=O) groups excluding carboxylic acids is 2. The molecule has 4 aromatic carbocycles. The van der Waals surface area contributed by atoms with Gasteiger partial charge in [-0.3, -0.25) is 0 Å². The standard InChI is InChI=1S/C42H48O6/c1-4-5-31-10-14-36-22-38(18-16-34(36)20-31)39-19-17-35-21-32(11-15-37(35)23-39)7-6-30-8-12-33(13-9-30)40(26-47-41(45)28(2)24-43)27-48-42(46)29(3)25-44/h10-11,14-23,30,33,40,43-44H,2-9,12-13,24-27H2,1H3. The van der Waals surface area contributed by atoms with Crippen molar-refractivity contribution in [3.63, 3.8) is 0 Å². The van der Waals surface area contributed by atoms with Gasteiger partial charge in [0.05, 0.1) is 37.6 Å². The van der Waals surface area contributed by atoms with Crippen LogP contribution in [-0.2, 0) is 31.9 Å². The summed E-state index contributed by atoms with van der Waals surface area (Å²) in [4.78, 5) is 24.2. The maximum Gasteiger partial charge on any atom is 0.335 e. The molecule has 0 radical (unpaired) electrons. The number of esters is 2. The molecule has 0 unspecified atom stereocenters. The number of rotatable bonds is 15. The van der Waals surface area contributed by atoms with E-state index in [1.165, 1.54) is 43.8 Å². The Balaban J connectivity index is 1.16. The van der Waals surface area contributed by atoms with E-state index in [-0.39, 0.29) is 36.2 Å². The van der Waals surface area contributed by atoms with Crippen molar-refractivity contribution in [1.29, 1.82) is 0 Å². The third-order valence-electron chi connectivity index (χ3n) is 9.90. The lowest BCUT2D eigenvalue weighted by atomic mass is 9.74. The summed E-state index contributed by atoms with van der Waals surface area (Å²) >= 11 is 0. The molecule has 0 atom stereocenters. The molecule has 5 rings (SSSR count). The molecule has 1 fully saturated rings. The minimum absolute atomic E-state index is 0.0112. The van der Waals surface area contributed by atoms with Gasteiger partial charge in [0.2, 0.25) is 0 Å². The Hall–Kier alpha value is -4.26. The van der Waals surface area contributed by atoms with Gasteiger partial charge in [-0.25, -0.2) is 9.59 Å². The highest BCUT2D eigenvalue weighted by Crippen LogP contribution is 2.36. The molecule has 252 valence electrons. The minimum atomic E-state index is -0.650. The van der Waals surface area contributed by atoms with Crippen LogP contribution in [0.2, 0.25) is 0 Å². The zero-order valence-corrected chi connectivity index (χ0v) is 28.1. The van der Waals surface area contributed by atoms with Crippen molar-refractivity contribution in [3.8, 4) is 11.1 Å². The number of ether oxygens (including phenoxy) is 2. The average molecular weight is 649 g/mol. The van der Waals surface area contributed by atoms with Crippen molar-refractivity contribution in [2.75, 3.05) is 26.4 Å². The molecule has 0 aromatic heterocycles. The number of aliphatic hydroxyl groups is 2. The summed E-state index contributed by atoms with van der Waals surface area (Å²) in [5, 5.41) is 23.5. The Kier molecular flexibility index (Phi) is 12.2. The second-order valence-corrected chi connectivity index (χ2v) is 13.3. The molecule has 0 amide bonds. The summed E-state index contributed by atoms with van der Waals surface area (Å²) in [6.45, 7) is 8.48. The van der Waals surface area contributed by atoms with Gasteiger partial charge in [0.25, 0.3) is 0 Å². The molecule has 6 heteroatoms. The Labute approximate surface area is 284 Å². The molecular weight excluding hydrogens is 600 g/mol. The van der Waals surface area contributed by atoms with E-state index in [4.69, 9.17) is 9.47 Å². The van der Waals surface area contributed by atoms with E-state index in [1.54, 1.807) is 0 Å². The Bertz CT molecular complexity index is 1730. The van der Waals surface area contributed by atoms with Crippen molar-refractivity contribution in [2.24, 2.45) is 17.8 Å². The van der Waals surface area contributed by atoms with Crippen LogP contribution >= 0.6 is 0 Å². The van der Waals surface area contributed by atoms with Gasteiger partial charge >= 0.3 is 11.9 Å². The predicted molar refractivity (Wildman–Crippen MR) is 193 cm³/mol. The Morgan fingerprint density at radius 2 is 1.15 bits per heavy atom. The van der Waals surface area contributed by atoms with Crippen LogP contribution in [0.15, 0.2) is 97.1 Å². The van der Waals surface area contributed by atoms with Crippen LogP contribution in [0.5, 0.6) is 0 Å². The summed E-state index contributed by atoms with van der Waals surface area (Å²) < 4.78 is 10.8. The molecule has 4 aromatic rings. The van der Waals surface area contributed by atoms with Crippen molar-refractivity contribution >= 4 is 33.5 Å². The fourth-order valence-corrected chi connectivity index (χ4v) is 6.89. The first kappa shape index (κ1) is 35.1. The zero-order chi connectivity index (χ0) is 34.0. The molecule has 48 heavy (non-hydrogen) atoms. The second kappa shape index (κ2) is 16.7. The van der Waals surface area contributed by atoms with Crippen molar-refractivity contribution < 1.29 is 29.3 Å². The summed E-state index contributed by atoms with van der Waals surface area (Å²) in [5.41, 5.74) is 5.18. The van der Waals surface area contributed by atoms with Gasteiger partial charge in [-0.15, -0.1) is 0 Å². The lowest BCUT2D eigenvalue weighted by Crippen LogP contribution is -2.31. The number of aliphatic hydroxyl groups excluding tert-OH is 2. The lowest BCUT2D eigenvalue weighted by Gasteiger charge is -2.33. The van der Waals surface area contributed by atoms with Gasteiger partial charge in [0, 0.05) is 5.92 Å². The van der Waals surface area contributed by atoms with Crippen LogP contribution < -0.4 is 0 Å². The number of hydrogen-bond acceptors (Lipinski definition) is 6. The molecule has 2 N–H and O–H groups in total. The number of benzene rings is 4. The van der Waals surface area contributed by atoms with Crippen LogP contribution in [0.1, 0.15) is 56.6 Å². The smallest absolute Gasteiger partial charge is 0.335 e. The van der Waals surface area contributed by atoms with Gasteiger partial charge in [0.1, 0.15) is 0 Å². The van der Waals surface area contributed by atoms with E-state index >= 15 is 0 Å². The molecule has 1 aliphatic rings. The van der Waals surface area contributed by atoms with Crippen molar-refractivity contribution in [2.45, 2.75) is 58.3 Å². The van der Waals surface area contributed by atoms with E-state index in [9.17, 15) is 19.8 Å². The largest absolute Gasteiger partial charge is 0.462 e.